The molecular weight excluding hydrogens is 235 g/mol. The van der Waals surface area contributed by atoms with E-state index >= 15 is 0 Å². The third kappa shape index (κ3) is 2.38. The van der Waals surface area contributed by atoms with E-state index in [1.54, 1.807) is 11.8 Å². The molecule has 0 saturated carbocycles. The first-order valence-corrected chi connectivity index (χ1v) is 8.58. The number of hydrogen-bond donors (Lipinski definition) is 0. The normalized spacial score (nSPS) is 17.8. The van der Waals surface area contributed by atoms with Crippen molar-refractivity contribution in [2.45, 2.75) is 37.8 Å². The highest BCUT2D eigenvalue weighted by Gasteiger charge is 2.42. The van der Waals surface area contributed by atoms with Gasteiger partial charge in [-0.1, -0.05) is 51.1 Å². The maximum Gasteiger partial charge on any atom is 0.132 e. The van der Waals surface area contributed by atoms with Gasteiger partial charge in [0.2, 0.25) is 0 Å². The van der Waals surface area contributed by atoms with E-state index in [0.717, 1.165) is 5.30 Å². The van der Waals surface area contributed by atoms with Gasteiger partial charge in [-0.3, -0.25) is 0 Å². The van der Waals surface area contributed by atoms with Gasteiger partial charge in [0.25, 0.3) is 0 Å². The van der Waals surface area contributed by atoms with Crippen molar-refractivity contribution in [1.82, 2.24) is 0 Å². The largest absolute Gasteiger partial charge is 0.317 e. The molecule has 0 aromatic heterocycles. The summed E-state index contributed by atoms with van der Waals surface area (Å²) in [4.78, 5) is 0.162. The summed E-state index contributed by atoms with van der Waals surface area (Å²) in [6, 6.07) is 9.92. The molecule has 1 nitrogen and oxygen atoms in total. The Labute approximate surface area is 103 Å². The Hall–Kier alpha value is -0.200. The Morgan fingerprint density at radius 3 is 2.06 bits per heavy atom. The van der Waals surface area contributed by atoms with E-state index in [2.05, 4.69) is 27.7 Å². The minimum absolute atomic E-state index is 0.162. The van der Waals surface area contributed by atoms with Gasteiger partial charge >= 0.3 is 0 Å². The molecule has 0 aliphatic heterocycles. The molecule has 1 rings (SSSR count). The van der Waals surface area contributed by atoms with E-state index in [-0.39, 0.29) is 10.1 Å². The highest BCUT2D eigenvalue weighted by Crippen LogP contribution is 2.62. The summed E-state index contributed by atoms with van der Waals surface area (Å²) in [6.45, 7) is 8.30. The number of benzene rings is 1. The van der Waals surface area contributed by atoms with Crippen LogP contribution in [0.4, 0.5) is 0 Å². The number of thioether (sulfide) groups is 1. The molecule has 0 saturated heterocycles. The van der Waals surface area contributed by atoms with Crippen LogP contribution in [0.15, 0.2) is 30.3 Å². The lowest BCUT2D eigenvalue weighted by molar-refractivity contribution is 0.555. The Kier molecular flexibility index (Phi) is 4.31. The topological polar surface area (TPSA) is 17.1 Å². The highest BCUT2D eigenvalue weighted by molar-refractivity contribution is 8.07. The Bertz CT molecular complexity index is 381. The molecule has 1 aromatic carbocycles. The van der Waals surface area contributed by atoms with E-state index in [1.807, 2.05) is 36.6 Å². The molecule has 0 aliphatic carbocycles. The maximum atomic E-state index is 13.3. The van der Waals surface area contributed by atoms with E-state index in [4.69, 9.17) is 0 Å². The molecule has 2 unspecified atom stereocenters. The average Bonchev–Trinajstić information content (AvgIpc) is 2.26. The van der Waals surface area contributed by atoms with Crippen LogP contribution >= 0.6 is 18.9 Å². The van der Waals surface area contributed by atoms with E-state index in [1.165, 1.54) is 0 Å². The fourth-order valence-electron chi connectivity index (χ4n) is 1.94. The standard InChI is InChI=1S/C13H21OPS/c1-11(16-5)15(14,13(2,3)4)12-9-7-6-8-10-12/h6-11H,1-5H3. The zero-order chi connectivity index (χ0) is 12.4. The molecule has 0 bridgehead atoms. The van der Waals surface area contributed by atoms with Gasteiger partial charge in [-0.2, -0.15) is 11.8 Å². The molecule has 0 heterocycles. The summed E-state index contributed by atoms with van der Waals surface area (Å²) in [5.74, 6) is 0. The minimum Gasteiger partial charge on any atom is -0.317 e. The smallest absolute Gasteiger partial charge is 0.132 e. The number of rotatable bonds is 3. The van der Waals surface area contributed by atoms with Crippen molar-refractivity contribution in [2.24, 2.45) is 0 Å². The van der Waals surface area contributed by atoms with Crippen molar-refractivity contribution in [3.8, 4) is 0 Å². The first kappa shape index (κ1) is 13.9. The highest BCUT2D eigenvalue weighted by atomic mass is 32.2. The van der Waals surface area contributed by atoms with Gasteiger partial charge < -0.3 is 4.57 Å². The second-order valence-electron chi connectivity index (χ2n) is 5.00. The van der Waals surface area contributed by atoms with Crippen LogP contribution in [0.25, 0.3) is 0 Å². The van der Waals surface area contributed by atoms with Crippen molar-refractivity contribution in [1.29, 1.82) is 0 Å². The summed E-state index contributed by atoms with van der Waals surface area (Å²) in [5, 5.41) is 0.820. The first-order chi connectivity index (χ1) is 7.34. The second-order valence-corrected chi connectivity index (χ2v) is 10.5. The van der Waals surface area contributed by atoms with Crippen LogP contribution in [-0.4, -0.2) is 16.4 Å². The summed E-state index contributed by atoms with van der Waals surface area (Å²) < 4.78 is 13.3. The van der Waals surface area contributed by atoms with Crippen LogP contribution in [0, 0.1) is 0 Å². The van der Waals surface area contributed by atoms with Gasteiger partial charge in [-0.15, -0.1) is 0 Å². The molecule has 0 radical (unpaired) electrons. The first-order valence-electron chi connectivity index (χ1n) is 5.52. The van der Waals surface area contributed by atoms with Gasteiger partial charge in [0.1, 0.15) is 7.14 Å². The van der Waals surface area contributed by atoms with Gasteiger partial charge in [-0.25, -0.2) is 0 Å². The zero-order valence-corrected chi connectivity index (χ0v) is 12.4. The molecule has 90 valence electrons. The zero-order valence-electron chi connectivity index (χ0n) is 10.7. The summed E-state index contributed by atoms with van der Waals surface area (Å²) in [6.07, 6.45) is 2.03. The van der Waals surface area contributed by atoms with Crippen LogP contribution < -0.4 is 5.30 Å². The molecule has 16 heavy (non-hydrogen) atoms. The second kappa shape index (κ2) is 4.98. The van der Waals surface area contributed by atoms with Crippen molar-refractivity contribution in [3.63, 3.8) is 0 Å². The fourth-order valence-corrected chi connectivity index (χ4v) is 7.34. The predicted octanol–water partition coefficient (Wildman–Crippen LogP) is 4.18. The average molecular weight is 256 g/mol. The van der Waals surface area contributed by atoms with Crippen molar-refractivity contribution < 1.29 is 4.57 Å². The van der Waals surface area contributed by atoms with Crippen molar-refractivity contribution in [3.05, 3.63) is 30.3 Å². The third-order valence-corrected chi connectivity index (χ3v) is 9.28. The lowest BCUT2D eigenvalue weighted by Gasteiger charge is -2.35. The minimum atomic E-state index is -2.38. The Morgan fingerprint density at radius 2 is 1.69 bits per heavy atom. The van der Waals surface area contributed by atoms with Gasteiger partial charge in [0.05, 0.1) is 4.99 Å². The lowest BCUT2D eigenvalue weighted by Crippen LogP contribution is -2.28. The fraction of sp³-hybridized carbons (Fsp3) is 0.538. The van der Waals surface area contributed by atoms with E-state index in [0.29, 0.717) is 0 Å². The SMILES string of the molecule is CSC(C)P(=O)(c1ccccc1)C(C)(C)C. The molecule has 0 spiro atoms. The maximum absolute atomic E-state index is 13.3. The molecule has 0 amide bonds. The molecule has 1 aromatic rings. The van der Waals surface area contributed by atoms with Gasteiger partial charge in [0, 0.05) is 10.5 Å². The van der Waals surface area contributed by atoms with E-state index < -0.39 is 7.14 Å². The van der Waals surface area contributed by atoms with Crippen LogP contribution in [-0.2, 0) is 4.57 Å². The summed E-state index contributed by atoms with van der Waals surface area (Å²) in [5.41, 5.74) is 0. The molecule has 0 fully saturated rings. The summed E-state index contributed by atoms with van der Waals surface area (Å²) >= 11 is 1.69. The van der Waals surface area contributed by atoms with Crippen LogP contribution in [0.3, 0.4) is 0 Å². The molecular formula is C13H21OPS. The Balaban J connectivity index is 3.33. The molecule has 2 atom stereocenters. The third-order valence-electron chi connectivity index (χ3n) is 2.99. The van der Waals surface area contributed by atoms with Crippen molar-refractivity contribution in [2.75, 3.05) is 6.26 Å². The number of hydrogen-bond acceptors (Lipinski definition) is 2. The lowest BCUT2D eigenvalue weighted by atomic mass is 10.3. The Morgan fingerprint density at radius 1 is 1.19 bits per heavy atom. The summed E-state index contributed by atoms with van der Waals surface area (Å²) in [7, 11) is -2.38. The van der Waals surface area contributed by atoms with Crippen LogP contribution in [0.5, 0.6) is 0 Å². The molecule has 3 heteroatoms. The van der Waals surface area contributed by atoms with Gasteiger partial charge in [-0.05, 0) is 13.2 Å². The molecule has 0 aliphatic rings. The molecule has 0 N–H and O–H groups in total. The quantitative estimate of drug-likeness (QED) is 0.755. The van der Waals surface area contributed by atoms with Crippen LogP contribution in [0.2, 0.25) is 0 Å². The predicted molar refractivity (Wildman–Crippen MR) is 76.4 cm³/mol. The van der Waals surface area contributed by atoms with Crippen LogP contribution in [0.1, 0.15) is 27.7 Å². The van der Waals surface area contributed by atoms with E-state index in [9.17, 15) is 4.57 Å². The van der Waals surface area contributed by atoms with Gasteiger partial charge in [0.15, 0.2) is 0 Å². The monoisotopic (exact) mass is 256 g/mol. The van der Waals surface area contributed by atoms with Crippen molar-refractivity contribution >= 4 is 24.2 Å².